The second-order valence-corrected chi connectivity index (χ2v) is 8.00. The number of aliphatic hydroxyl groups is 1. The van der Waals surface area contributed by atoms with Crippen LogP contribution in [0.5, 0.6) is 0 Å². The van der Waals surface area contributed by atoms with Gasteiger partial charge in [0.1, 0.15) is 5.82 Å². The smallest absolute Gasteiger partial charge is 0.394 e. The maximum absolute atomic E-state index is 12.4. The number of fused-ring (bicyclic) bond motifs is 1. The standard InChI is InChI=1S/C20H24Cl2N4O3/c1-12(2)24-19-8-15-10-26(6-5-14(15)9-23-19)29-20(28)25-18(11-27)13-3-4-16(21)17(22)7-13/h3-4,7-9,12,18,27H,5-6,10-11H2,1-2H3,(H,23,24)(H,25,28)/t18-/m1/s1. The number of carbonyl (C=O) groups excluding carboxylic acids is 1. The predicted molar refractivity (Wildman–Crippen MR) is 113 cm³/mol. The van der Waals surface area contributed by atoms with Crippen molar-refractivity contribution in [2.24, 2.45) is 0 Å². The zero-order valence-electron chi connectivity index (χ0n) is 16.3. The molecule has 2 aromatic rings. The first-order valence-electron chi connectivity index (χ1n) is 9.39. The molecular formula is C20H24Cl2N4O3. The molecule has 0 saturated carbocycles. The fraction of sp³-hybridized carbons (Fsp3) is 0.400. The van der Waals surface area contributed by atoms with E-state index in [1.807, 2.05) is 26.1 Å². The van der Waals surface area contributed by atoms with Gasteiger partial charge in [0.15, 0.2) is 0 Å². The van der Waals surface area contributed by atoms with Gasteiger partial charge in [-0.1, -0.05) is 29.3 Å². The van der Waals surface area contributed by atoms with Crippen LogP contribution in [0.1, 0.15) is 36.6 Å². The van der Waals surface area contributed by atoms with Crippen LogP contribution in [-0.2, 0) is 17.8 Å². The highest BCUT2D eigenvalue weighted by Crippen LogP contribution is 2.26. The highest BCUT2D eigenvalue weighted by atomic mass is 35.5. The Balaban J connectivity index is 1.61. The van der Waals surface area contributed by atoms with Crippen molar-refractivity contribution >= 4 is 35.1 Å². The summed E-state index contributed by atoms with van der Waals surface area (Å²) in [4.78, 5) is 22.2. The van der Waals surface area contributed by atoms with Crippen molar-refractivity contribution in [3.8, 4) is 0 Å². The number of nitrogens with zero attached hydrogens (tertiary/aromatic N) is 2. The lowest BCUT2D eigenvalue weighted by Gasteiger charge is -2.28. The minimum Gasteiger partial charge on any atom is -0.394 e. The molecule has 0 spiro atoms. The van der Waals surface area contributed by atoms with Gasteiger partial charge < -0.3 is 20.6 Å². The summed E-state index contributed by atoms with van der Waals surface area (Å²) in [6.45, 7) is 4.83. The Morgan fingerprint density at radius 1 is 1.28 bits per heavy atom. The molecule has 3 rings (SSSR count). The van der Waals surface area contributed by atoms with Crippen molar-refractivity contribution in [2.75, 3.05) is 18.5 Å². The van der Waals surface area contributed by atoms with Gasteiger partial charge >= 0.3 is 6.09 Å². The SMILES string of the molecule is CC(C)Nc1cc2c(cn1)CCN(OC(=O)N[C@H](CO)c1ccc(Cl)c(Cl)c1)C2. The maximum atomic E-state index is 12.4. The lowest BCUT2D eigenvalue weighted by Crippen LogP contribution is -2.39. The molecule has 0 fully saturated rings. The van der Waals surface area contributed by atoms with E-state index in [0.717, 1.165) is 23.4 Å². The lowest BCUT2D eigenvalue weighted by molar-refractivity contribution is -0.112. The minimum absolute atomic E-state index is 0.277. The first-order valence-corrected chi connectivity index (χ1v) is 10.1. The third-order valence-electron chi connectivity index (χ3n) is 4.53. The number of halogens is 2. The summed E-state index contributed by atoms with van der Waals surface area (Å²) in [5.41, 5.74) is 2.84. The number of hydrogen-bond acceptors (Lipinski definition) is 6. The number of pyridine rings is 1. The third kappa shape index (κ3) is 5.73. The van der Waals surface area contributed by atoms with Crippen molar-refractivity contribution in [1.29, 1.82) is 0 Å². The van der Waals surface area contributed by atoms with Crippen LogP contribution in [0.2, 0.25) is 10.0 Å². The zero-order chi connectivity index (χ0) is 21.0. The van der Waals surface area contributed by atoms with Crippen molar-refractivity contribution in [3.63, 3.8) is 0 Å². The number of aliphatic hydroxyl groups excluding tert-OH is 1. The minimum atomic E-state index is -0.652. The molecule has 3 N–H and O–H groups in total. The van der Waals surface area contributed by atoms with Crippen LogP contribution in [-0.4, -0.2) is 40.4 Å². The lowest BCUT2D eigenvalue weighted by atomic mass is 10.0. The molecule has 0 saturated heterocycles. The number of nitrogens with one attached hydrogen (secondary N) is 2. The van der Waals surface area contributed by atoms with E-state index in [4.69, 9.17) is 28.0 Å². The largest absolute Gasteiger partial charge is 0.426 e. The Morgan fingerprint density at radius 2 is 2.07 bits per heavy atom. The predicted octanol–water partition coefficient (Wildman–Crippen LogP) is 3.94. The first kappa shape index (κ1) is 21.6. The average Bonchev–Trinajstić information content (AvgIpc) is 2.67. The number of anilines is 1. The second kappa shape index (κ2) is 9.63. The summed E-state index contributed by atoms with van der Waals surface area (Å²) < 4.78 is 0. The highest BCUT2D eigenvalue weighted by Gasteiger charge is 2.22. The Kier molecular flexibility index (Phi) is 7.18. The summed E-state index contributed by atoms with van der Waals surface area (Å²) in [5, 5.41) is 17.9. The molecule has 9 heteroatoms. The molecule has 1 aliphatic heterocycles. The van der Waals surface area contributed by atoms with Crippen LogP contribution in [0.3, 0.4) is 0 Å². The molecule has 1 amide bonds. The number of aromatic nitrogens is 1. The van der Waals surface area contributed by atoms with Gasteiger partial charge in [0.25, 0.3) is 0 Å². The maximum Gasteiger partial charge on any atom is 0.426 e. The van der Waals surface area contributed by atoms with E-state index in [0.29, 0.717) is 28.7 Å². The molecule has 0 aliphatic carbocycles. The van der Waals surface area contributed by atoms with E-state index < -0.39 is 12.1 Å². The molecular weight excluding hydrogens is 415 g/mol. The van der Waals surface area contributed by atoms with E-state index in [1.54, 1.807) is 23.3 Å². The van der Waals surface area contributed by atoms with Crippen LogP contribution in [0, 0.1) is 0 Å². The van der Waals surface area contributed by atoms with Crippen molar-refractivity contribution < 1.29 is 14.7 Å². The average molecular weight is 439 g/mol. The normalized spacial score (nSPS) is 15.0. The van der Waals surface area contributed by atoms with Gasteiger partial charge in [-0.05, 0) is 55.2 Å². The van der Waals surface area contributed by atoms with Gasteiger partial charge in [-0.2, -0.15) is 0 Å². The van der Waals surface area contributed by atoms with Crippen LogP contribution in [0.25, 0.3) is 0 Å². The van der Waals surface area contributed by atoms with E-state index >= 15 is 0 Å². The Bertz CT molecular complexity index is 879. The van der Waals surface area contributed by atoms with E-state index in [9.17, 15) is 9.90 Å². The van der Waals surface area contributed by atoms with Gasteiger partial charge in [0, 0.05) is 18.8 Å². The summed E-state index contributed by atoms with van der Waals surface area (Å²) in [6.07, 6.45) is 1.95. The summed E-state index contributed by atoms with van der Waals surface area (Å²) in [5.74, 6) is 0.796. The molecule has 0 radical (unpaired) electrons. The van der Waals surface area contributed by atoms with Gasteiger partial charge in [0.05, 0.1) is 29.2 Å². The molecule has 29 heavy (non-hydrogen) atoms. The zero-order valence-corrected chi connectivity index (χ0v) is 17.8. The van der Waals surface area contributed by atoms with Crippen LogP contribution in [0.4, 0.5) is 10.6 Å². The van der Waals surface area contributed by atoms with Crippen LogP contribution >= 0.6 is 23.2 Å². The first-order chi connectivity index (χ1) is 13.9. The molecule has 2 heterocycles. The van der Waals surface area contributed by atoms with E-state index in [2.05, 4.69) is 15.6 Å². The van der Waals surface area contributed by atoms with E-state index in [-0.39, 0.29) is 12.6 Å². The molecule has 1 aliphatic rings. The number of benzene rings is 1. The number of carbonyl (C=O) groups is 1. The Morgan fingerprint density at radius 3 is 2.76 bits per heavy atom. The van der Waals surface area contributed by atoms with Gasteiger partial charge in [-0.3, -0.25) is 0 Å². The van der Waals surface area contributed by atoms with Gasteiger partial charge in [-0.25, -0.2) is 9.78 Å². The molecule has 1 aromatic carbocycles. The van der Waals surface area contributed by atoms with Gasteiger partial charge in [0.2, 0.25) is 0 Å². The fourth-order valence-corrected chi connectivity index (χ4v) is 3.42. The number of hydroxylamine groups is 2. The van der Waals surface area contributed by atoms with Crippen LogP contribution in [0.15, 0.2) is 30.5 Å². The van der Waals surface area contributed by atoms with Crippen LogP contribution < -0.4 is 10.6 Å². The molecule has 156 valence electrons. The molecule has 0 unspecified atom stereocenters. The quantitative estimate of drug-likeness (QED) is 0.632. The fourth-order valence-electron chi connectivity index (χ4n) is 3.11. The summed E-state index contributed by atoms with van der Waals surface area (Å²) >= 11 is 11.9. The van der Waals surface area contributed by atoms with Crippen molar-refractivity contribution in [1.82, 2.24) is 15.4 Å². The molecule has 0 bridgehead atoms. The number of hydrogen-bond donors (Lipinski definition) is 3. The Hall–Kier alpha value is -2.06. The highest BCUT2D eigenvalue weighted by molar-refractivity contribution is 6.42. The third-order valence-corrected chi connectivity index (χ3v) is 5.27. The molecule has 7 nitrogen and oxygen atoms in total. The number of amides is 1. The number of rotatable bonds is 6. The summed E-state index contributed by atoms with van der Waals surface area (Å²) in [7, 11) is 0. The van der Waals surface area contributed by atoms with Gasteiger partial charge in [-0.15, -0.1) is 5.06 Å². The molecule has 1 aromatic heterocycles. The van der Waals surface area contributed by atoms with Crippen molar-refractivity contribution in [2.45, 2.75) is 38.9 Å². The Labute approximate surface area is 179 Å². The van der Waals surface area contributed by atoms with Crippen molar-refractivity contribution in [3.05, 3.63) is 57.2 Å². The molecule has 1 atom stereocenters. The monoisotopic (exact) mass is 438 g/mol. The topological polar surface area (TPSA) is 86.7 Å². The summed E-state index contributed by atoms with van der Waals surface area (Å²) in [6, 6.07) is 6.53. The second-order valence-electron chi connectivity index (χ2n) is 7.18. The van der Waals surface area contributed by atoms with E-state index in [1.165, 1.54) is 0 Å².